The molecule has 1 amide bonds. The van der Waals surface area contributed by atoms with Crippen molar-refractivity contribution in [3.63, 3.8) is 0 Å². The van der Waals surface area contributed by atoms with E-state index in [4.69, 9.17) is 9.73 Å². The Kier molecular flexibility index (Phi) is 7.17. The number of ether oxygens (including phenoxy) is 1. The molecule has 2 aromatic rings. The monoisotopic (exact) mass is 479 g/mol. The second-order valence-electron chi connectivity index (χ2n) is 7.88. The summed E-state index contributed by atoms with van der Waals surface area (Å²) in [5.41, 5.74) is 2.84. The maximum atomic E-state index is 14.4. The molecule has 0 N–H and O–H groups in total. The van der Waals surface area contributed by atoms with Gasteiger partial charge in [-0.05, 0) is 37.0 Å². The van der Waals surface area contributed by atoms with E-state index in [9.17, 15) is 14.0 Å². The zero-order chi connectivity index (χ0) is 24.2. The third-order valence-corrected chi connectivity index (χ3v) is 6.64. The second kappa shape index (κ2) is 10.3. The van der Waals surface area contributed by atoms with Crippen molar-refractivity contribution in [1.82, 2.24) is 9.80 Å². The lowest BCUT2D eigenvalue weighted by Gasteiger charge is -2.37. The summed E-state index contributed by atoms with van der Waals surface area (Å²) < 4.78 is 19.8. The lowest BCUT2D eigenvalue weighted by atomic mass is 9.91. The van der Waals surface area contributed by atoms with Gasteiger partial charge in [0, 0.05) is 24.9 Å². The highest BCUT2D eigenvalue weighted by Gasteiger charge is 2.42. The van der Waals surface area contributed by atoms with E-state index in [-0.39, 0.29) is 18.9 Å². The van der Waals surface area contributed by atoms with Crippen molar-refractivity contribution in [2.75, 3.05) is 20.2 Å². The summed E-state index contributed by atoms with van der Waals surface area (Å²) in [5, 5.41) is 2.51. The molecule has 2 aliphatic rings. The summed E-state index contributed by atoms with van der Waals surface area (Å²) in [4.78, 5) is 34.4. The van der Waals surface area contributed by atoms with Crippen molar-refractivity contribution in [3.8, 4) is 0 Å². The molecule has 6 nitrogen and oxygen atoms in total. The highest BCUT2D eigenvalue weighted by atomic mass is 32.2. The smallest absolute Gasteiger partial charge is 0.338 e. The van der Waals surface area contributed by atoms with Crippen molar-refractivity contribution >= 4 is 34.5 Å². The Balaban J connectivity index is 1.89. The largest absolute Gasteiger partial charge is 0.463 e. The molecule has 0 fully saturated rings. The van der Waals surface area contributed by atoms with Crippen LogP contribution in [0.5, 0.6) is 0 Å². The Morgan fingerprint density at radius 3 is 2.59 bits per heavy atom. The number of carbonyl (C=O) groups excluding carboxylic acids is 2. The van der Waals surface area contributed by atoms with Crippen LogP contribution in [0.15, 0.2) is 76.3 Å². The molecule has 0 aromatic heterocycles. The molecule has 1 unspecified atom stereocenters. The molecule has 0 spiro atoms. The molecule has 2 aliphatic heterocycles. The average molecular weight is 480 g/mol. The SMILES string of the molecule is CCOC(=O)C1=C(c2ccccc2)N=C2SC=C(CC(=O)N(C)CC)N2C1c1cccc(F)c1. The second-order valence-corrected chi connectivity index (χ2v) is 8.72. The van der Waals surface area contributed by atoms with Crippen LogP contribution in [0.2, 0.25) is 0 Å². The van der Waals surface area contributed by atoms with Crippen molar-refractivity contribution in [2.45, 2.75) is 26.3 Å². The molecule has 0 saturated carbocycles. The van der Waals surface area contributed by atoms with Gasteiger partial charge in [-0.1, -0.05) is 54.2 Å². The van der Waals surface area contributed by atoms with E-state index in [1.54, 1.807) is 31.0 Å². The minimum absolute atomic E-state index is 0.0517. The standard InChI is InChI=1S/C26H26FN3O3S/c1-4-29(3)21(31)15-20-16-34-26-28-23(17-10-7-6-8-11-17)22(25(32)33-5-2)24(30(20)26)18-12-9-13-19(27)14-18/h6-14,16,24H,4-5,15H2,1-3H3. The Labute approximate surface area is 202 Å². The lowest BCUT2D eigenvalue weighted by molar-refractivity contribution is -0.139. The van der Waals surface area contributed by atoms with E-state index in [2.05, 4.69) is 0 Å². The van der Waals surface area contributed by atoms with Crippen LogP contribution in [0.1, 0.15) is 37.4 Å². The number of esters is 1. The van der Waals surface area contributed by atoms with Gasteiger partial charge in [0.2, 0.25) is 5.91 Å². The summed E-state index contributed by atoms with van der Waals surface area (Å²) in [6.45, 7) is 4.42. The van der Waals surface area contributed by atoms with Crippen LogP contribution in [-0.2, 0) is 14.3 Å². The third-order valence-electron chi connectivity index (χ3n) is 5.75. The minimum Gasteiger partial charge on any atom is -0.463 e. The molecular formula is C26H26FN3O3S. The third kappa shape index (κ3) is 4.63. The predicted octanol–water partition coefficient (Wildman–Crippen LogP) is 4.97. The molecule has 0 radical (unpaired) electrons. The first-order valence-corrected chi connectivity index (χ1v) is 12.0. The maximum Gasteiger partial charge on any atom is 0.338 e. The first kappa shape index (κ1) is 23.8. The number of hydrogen-bond donors (Lipinski definition) is 0. The van der Waals surface area contributed by atoms with Crippen molar-refractivity contribution < 1.29 is 18.7 Å². The molecule has 0 saturated heterocycles. The van der Waals surface area contributed by atoms with Crippen molar-refractivity contribution in [3.05, 3.63) is 88.2 Å². The molecule has 8 heteroatoms. The summed E-state index contributed by atoms with van der Waals surface area (Å²) in [6.07, 6.45) is 0.138. The van der Waals surface area contributed by atoms with E-state index in [1.807, 2.05) is 47.6 Å². The number of nitrogens with zero attached hydrogens (tertiary/aromatic N) is 3. The van der Waals surface area contributed by atoms with Crippen LogP contribution >= 0.6 is 11.8 Å². The predicted molar refractivity (Wildman–Crippen MR) is 132 cm³/mol. The fourth-order valence-corrected chi connectivity index (χ4v) is 4.87. The summed E-state index contributed by atoms with van der Waals surface area (Å²) >= 11 is 1.39. The Hall–Kier alpha value is -3.39. The van der Waals surface area contributed by atoms with E-state index in [1.165, 1.54) is 23.9 Å². The minimum atomic E-state index is -0.696. The quantitative estimate of drug-likeness (QED) is 0.525. The van der Waals surface area contributed by atoms with Crippen LogP contribution < -0.4 is 0 Å². The van der Waals surface area contributed by atoms with E-state index < -0.39 is 17.8 Å². The van der Waals surface area contributed by atoms with Gasteiger partial charge in [-0.3, -0.25) is 4.79 Å². The van der Waals surface area contributed by atoms with Crippen LogP contribution in [-0.4, -0.2) is 47.0 Å². The van der Waals surface area contributed by atoms with Gasteiger partial charge in [-0.15, -0.1) is 0 Å². The van der Waals surface area contributed by atoms with Crippen LogP contribution in [0.25, 0.3) is 5.70 Å². The number of hydrogen-bond acceptors (Lipinski definition) is 6. The first-order chi connectivity index (χ1) is 16.4. The normalized spacial score (nSPS) is 17.2. The summed E-state index contributed by atoms with van der Waals surface area (Å²) in [5.74, 6) is -0.985. The topological polar surface area (TPSA) is 62.2 Å². The number of amides is 1. The lowest BCUT2D eigenvalue weighted by Crippen LogP contribution is -2.38. The fourth-order valence-electron chi connectivity index (χ4n) is 3.95. The number of carbonyl (C=O) groups is 2. The Morgan fingerprint density at radius 2 is 1.91 bits per heavy atom. The highest BCUT2D eigenvalue weighted by Crippen LogP contribution is 2.47. The zero-order valence-electron chi connectivity index (χ0n) is 19.3. The van der Waals surface area contributed by atoms with Gasteiger partial charge >= 0.3 is 5.97 Å². The average Bonchev–Trinajstić information content (AvgIpc) is 3.25. The number of thioether (sulfide) groups is 1. The van der Waals surface area contributed by atoms with Crippen molar-refractivity contribution in [1.29, 1.82) is 0 Å². The van der Waals surface area contributed by atoms with Crippen LogP contribution in [0.3, 0.4) is 0 Å². The number of aliphatic imine (C=N–C) groups is 1. The molecule has 0 bridgehead atoms. The number of amidine groups is 1. The van der Waals surface area contributed by atoms with Gasteiger partial charge in [0.05, 0.1) is 30.3 Å². The van der Waals surface area contributed by atoms with Crippen LogP contribution in [0.4, 0.5) is 4.39 Å². The maximum absolute atomic E-state index is 14.4. The molecule has 2 aromatic carbocycles. The van der Waals surface area contributed by atoms with E-state index in [0.29, 0.717) is 34.2 Å². The number of fused-ring (bicyclic) bond motifs is 1. The zero-order valence-corrected chi connectivity index (χ0v) is 20.1. The van der Waals surface area contributed by atoms with Gasteiger partial charge in [0.25, 0.3) is 0 Å². The summed E-state index contributed by atoms with van der Waals surface area (Å²) in [6, 6.07) is 14.9. The van der Waals surface area contributed by atoms with E-state index >= 15 is 0 Å². The fraction of sp³-hybridized carbons (Fsp3) is 0.269. The highest BCUT2D eigenvalue weighted by molar-refractivity contribution is 8.16. The number of halogens is 1. The molecule has 34 heavy (non-hydrogen) atoms. The van der Waals surface area contributed by atoms with Crippen LogP contribution in [0, 0.1) is 5.82 Å². The van der Waals surface area contributed by atoms with Gasteiger partial charge in [0.1, 0.15) is 5.82 Å². The van der Waals surface area contributed by atoms with Gasteiger partial charge in [0.15, 0.2) is 5.17 Å². The molecule has 1 atom stereocenters. The molecule has 0 aliphatic carbocycles. The molecule has 176 valence electrons. The van der Waals surface area contributed by atoms with Gasteiger partial charge < -0.3 is 14.5 Å². The molecular weight excluding hydrogens is 453 g/mol. The first-order valence-electron chi connectivity index (χ1n) is 11.1. The summed E-state index contributed by atoms with van der Waals surface area (Å²) in [7, 11) is 1.75. The van der Waals surface area contributed by atoms with E-state index in [0.717, 1.165) is 5.56 Å². The number of rotatable bonds is 7. The number of benzene rings is 2. The van der Waals surface area contributed by atoms with Gasteiger partial charge in [-0.2, -0.15) is 0 Å². The Bertz CT molecular complexity index is 1190. The molecule has 4 rings (SSSR count). The van der Waals surface area contributed by atoms with Gasteiger partial charge in [-0.25, -0.2) is 14.2 Å². The Morgan fingerprint density at radius 1 is 1.15 bits per heavy atom. The van der Waals surface area contributed by atoms with Crippen molar-refractivity contribution in [2.24, 2.45) is 4.99 Å². The molecule has 2 heterocycles.